The van der Waals surface area contributed by atoms with Gasteiger partial charge in [0, 0.05) is 5.57 Å². The van der Waals surface area contributed by atoms with Crippen LogP contribution >= 0.6 is 0 Å². The van der Waals surface area contributed by atoms with Crippen molar-refractivity contribution in [2.24, 2.45) is 0 Å². The van der Waals surface area contributed by atoms with Crippen molar-refractivity contribution in [2.45, 2.75) is 53.9 Å². The van der Waals surface area contributed by atoms with Gasteiger partial charge < -0.3 is 5.11 Å². The number of allylic oxidation sites excluding steroid dienone is 1. The molecule has 0 fully saturated rings. The van der Waals surface area contributed by atoms with E-state index in [1.165, 1.54) is 6.07 Å². The second-order valence-electron chi connectivity index (χ2n) is 3.89. The molecule has 1 nitrogen and oxygen atoms in total. The first-order valence-electron chi connectivity index (χ1n) is 6.96. The minimum atomic E-state index is -1.59. The number of aryl methyl sites for hydroxylation is 2. The fraction of sp³-hybridized carbons (Fsp3) is 0.500. The van der Waals surface area contributed by atoms with Crippen molar-refractivity contribution < 1.29 is 13.9 Å². The van der Waals surface area contributed by atoms with Crippen molar-refractivity contribution in [3.63, 3.8) is 0 Å². The van der Waals surface area contributed by atoms with Gasteiger partial charge >= 0.3 is 0 Å². The molecule has 19 heavy (non-hydrogen) atoms. The van der Waals surface area contributed by atoms with Gasteiger partial charge in [-0.3, -0.25) is 0 Å². The molecule has 1 aromatic rings. The predicted molar refractivity (Wildman–Crippen MR) is 77.6 cm³/mol. The molecule has 0 aromatic heterocycles. The minimum absolute atomic E-state index is 0.147. The molecule has 1 N–H and O–H groups in total. The summed E-state index contributed by atoms with van der Waals surface area (Å²) >= 11 is 0. The van der Waals surface area contributed by atoms with Gasteiger partial charge in [0.1, 0.15) is 5.75 Å². The lowest BCUT2D eigenvalue weighted by Gasteiger charge is -2.20. The quantitative estimate of drug-likeness (QED) is 0.641. The number of fused-ring (bicyclic) bond motifs is 1. The molecule has 0 heterocycles. The van der Waals surface area contributed by atoms with Crippen LogP contribution in [-0.4, -0.2) is 5.11 Å². The van der Waals surface area contributed by atoms with Crippen LogP contribution in [0.4, 0.5) is 8.78 Å². The van der Waals surface area contributed by atoms with Crippen molar-refractivity contribution in [3.8, 4) is 5.75 Å². The number of phenols is 1. The van der Waals surface area contributed by atoms with Crippen molar-refractivity contribution in [1.82, 2.24) is 0 Å². The lowest BCUT2D eigenvalue weighted by molar-refractivity contribution is 0.421. The minimum Gasteiger partial charge on any atom is -0.508 e. The van der Waals surface area contributed by atoms with Crippen molar-refractivity contribution in [1.29, 1.82) is 0 Å². The molecular formula is C16H24F2O. The highest BCUT2D eigenvalue weighted by Gasteiger charge is 2.20. The first kappa shape index (κ1) is 17.6. The first-order chi connectivity index (χ1) is 9.09. The standard InChI is InChI=1S/C12H12F2O.2C2H6/c1-7-5-9(15)6-8-3-2-4-10(11(7)8)12(13)14;2*1-2/h5-6,15H,2-4H2,1H3;2*1-2H3. The third-order valence-corrected chi connectivity index (χ3v) is 2.80. The summed E-state index contributed by atoms with van der Waals surface area (Å²) in [5.41, 5.74) is 2.35. The molecule has 2 rings (SSSR count). The maximum Gasteiger partial charge on any atom is 0.274 e. The van der Waals surface area contributed by atoms with Crippen LogP contribution in [0, 0.1) is 6.92 Å². The lowest BCUT2D eigenvalue weighted by atomic mass is 9.85. The molecule has 108 valence electrons. The van der Waals surface area contributed by atoms with Crippen molar-refractivity contribution in [3.05, 3.63) is 34.9 Å². The molecule has 1 aliphatic carbocycles. The molecule has 0 atom stereocenters. The third kappa shape index (κ3) is 4.34. The molecule has 1 aliphatic rings. The van der Waals surface area contributed by atoms with Gasteiger partial charge in [-0.1, -0.05) is 27.7 Å². The van der Waals surface area contributed by atoms with E-state index in [1.54, 1.807) is 13.0 Å². The smallest absolute Gasteiger partial charge is 0.274 e. The van der Waals surface area contributed by atoms with Gasteiger partial charge in [-0.05, 0) is 55.0 Å². The summed E-state index contributed by atoms with van der Waals surface area (Å²) in [6.07, 6.45) is 0.329. The summed E-state index contributed by atoms with van der Waals surface area (Å²) < 4.78 is 25.4. The molecule has 0 radical (unpaired) electrons. The molecule has 0 spiro atoms. The van der Waals surface area contributed by atoms with E-state index in [9.17, 15) is 13.9 Å². The van der Waals surface area contributed by atoms with E-state index in [2.05, 4.69) is 0 Å². The maximum atomic E-state index is 12.7. The normalized spacial score (nSPS) is 12.5. The zero-order valence-electron chi connectivity index (χ0n) is 12.5. The van der Waals surface area contributed by atoms with Gasteiger partial charge in [0.05, 0.1) is 0 Å². The second kappa shape index (κ2) is 8.68. The van der Waals surface area contributed by atoms with E-state index in [1.807, 2.05) is 27.7 Å². The van der Waals surface area contributed by atoms with Crippen LogP contribution in [0.2, 0.25) is 0 Å². The summed E-state index contributed by atoms with van der Waals surface area (Å²) in [7, 11) is 0. The van der Waals surface area contributed by atoms with Crippen LogP contribution in [0.1, 0.15) is 57.2 Å². The fourth-order valence-electron chi connectivity index (χ4n) is 2.24. The number of aromatic hydroxyl groups is 1. The van der Waals surface area contributed by atoms with Crippen LogP contribution in [0.3, 0.4) is 0 Å². The molecule has 0 unspecified atom stereocenters. The Hall–Kier alpha value is -1.38. The zero-order chi connectivity index (χ0) is 15.0. The fourth-order valence-corrected chi connectivity index (χ4v) is 2.24. The summed E-state index contributed by atoms with van der Waals surface area (Å²) in [5, 5.41) is 9.39. The lowest BCUT2D eigenvalue weighted by Crippen LogP contribution is -2.04. The summed E-state index contributed by atoms with van der Waals surface area (Å²) in [4.78, 5) is 0. The van der Waals surface area contributed by atoms with E-state index in [4.69, 9.17) is 0 Å². The van der Waals surface area contributed by atoms with E-state index < -0.39 is 6.08 Å². The Morgan fingerprint density at radius 1 is 1.05 bits per heavy atom. The summed E-state index contributed by atoms with van der Waals surface area (Å²) in [6, 6.07) is 3.12. The topological polar surface area (TPSA) is 20.2 Å². The van der Waals surface area contributed by atoms with E-state index in [0.29, 0.717) is 12.0 Å². The van der Waals surface area contributed by atoms with Crippen LogP contribution in [-0.2, 0) is 6.42 Å². The molecule has 0 bridgehead atoms. The SMILES string of the molecule is CC.CC.Cc1cc(O)cc2c1C(=C(F)F)CCC2. The average Bonchev–Trinajstić information content (AvgIpc) is 2.42. The highest BCUT2D eigenvalue weighted by atomic mass is 19.3. The second-order valence-corrected chi connectivity index (χ2v) is 3.89. The predicted octanol–water partition coefficient (Wildman–Crippen LogP) is 5.70. The van der Waals surface area contributed by atoms with Crippen LogP contribution in [0.25, 0.3) is 5.57 Å². The maximum absolute atomic E-state index is 12.7. The van der Waals surface area contributed by atoms with E-state index >= 15 is 0 Å². The molecule has 3 heteroatoms. The highest BCUT2D eigenvalue weighted by Crippen LogP contribution is 2.37. The van der Waals surface area contributed by atoms with Crippen molar-refractivity contribution in [2.75, 3.05) is 0 Å². The van der Waals surface area contributed by atoms with Crippen molar-refractivity contribution >= 4 is 5.57 Å². The van der Waals surface area contributed by atoms with Gasteiger partial charge in [-0.15, -0.1) is 0 Å². The van der Waals surface area contributed by atoms with Gasteiger partial charge in [0.25, 0.3) is 6.08 Å². The van der Waals surface area contributed by atoms with E-state index in [-0.39, 0.29) is 11.3 Å². The highest BCUT2D eigenvalue weighted by molar-refractivity contribution is 5.73. The molecule has 0 saturated carbocycles. The van der Waals surface area contributed by atoms with Gasteiger partial charge in [0.15, 0.2) is 0 Å². The Morgan fingerprint density at radius 2 is 1.63 bits per heavy atom. The summed E-state index contributed by atoms with van der Waals surface area (Å²) in [6.45, 7) is 9.76. The number of hydrogen-bond acceptors (Lipinski definition) is 1. The Kier molecular flexibility index (Phi) is 8.05. The zero-order valence-corrected chi connectivity index (χ0v) is 12.5. The largest absolute Gasteiger partial charge is 0.508 e. The number of hydrogen-bond donors (Lipinski definition) is 1. The Balaban J connectivity index is 0.000000741. The third-order valence-electron chi connectivity index (χ3n) is 2.80. The number of phenolic OH excluding ortho intramolecular Hbond substituents is 1. The van der Waals surface area contributed by atoms with Crippen LogP contribution < -0.4 is 0 Å². The molecule has 1 aromatic carbocycles. The van der Waals surface area contributed by atoms with Crippen LogP contribution in [0.15, 0.2) is 18.2 Å². The average molecular weight is 270 g/mol. The molecule has 0 saturated heterocycles. The molecule has 0 aliphatic heterocycles. The van der Waals surface area contributed by atoms with Crippen LogP contribution in [0.5, 0.6) is 5.75 Å². The van der Waals surface area contributed by atoms with Gasteiger partial charge in [-0.2, -0.15) is 8.78 Å². The summed E-state index contributed by atoms with van der Waals surface area (Å²) in [5.74, 6) is 0.159. The Bertz CT molecular complexity index is 433. The molecule has 0 amide bonds. The van der Waals surface area contributed by atoms with Gasteiger partial charge in [0.2, 0.25) is 0 Å². The Morgan fingerprint density at radius 3 is 2.16 bits per heavy atom. The molecular weight excluding hydrogens is 246 g/mol. The number of benzene rings is 1. The Labute approximate surface area is 115 Å². The monoisotopic (exact) mass is 270 g/mol. The first-order valence-corrected chi connectivity index (χ1v) is 6.96. The number of halogens is 2. The van der Waals surface area contributed by atoms with E-state index in [0.717, 1.165) is 24.0 Å². The number of rotatable bonds is 0. The van der Waals surface area contributed by atoms with Gasteiger partial charge in [-0.25, -0.2) is 0 Å².